The summed E-state index contributed by atoms with van der Waals surface area (Å²) in [6.45, 7) is 4.07. The number of aliphatic carboxylic acids is 2. The molecule has 7 heteroatoms. The van der Waals surface area contributed by atoms with E-state index in [2.05, 4.69) is 0 Å². The van der Waals surface area contributed by atoms with Crippen LogP contribution in [0.25, 0.3) is 0 Å². The van der Waals surface area contributed by atoms with E-state index in [0.717, 1.165) is 25.7 Å². The SMILES string of the molecule is CCCCCOC(=O)C(CCCCC)C(O)(CC(=O)O)C(=O)O. The van der Waals surface area contributed by atoms with Crippen LogP contribution in [0.2, 0.25) is 0 Å². The fraction of sp³-hybridized carbons (Fsp3) is 0.812. The van der Waals surface area contributed by atoms with Gasteiger partial charge in [0.2, 0.25) is 0 Å². The highest BCUT2D eigenvalue weighted by Crippen LogP contribution is 2.29. The van der Waals surface area contributed by atoms with Crippen LogP contribution in [-0.4, -0.2) is 45.4 Å². The lowest BCUT2D eigenvalue weighted by atomic mass is 9.81. The van der Waals surface area contributed by atoms with Crippen LogP contribution in [0.15, 0.2) is 0 Å². The Morgan fingerprint density at radius 1 is 1.00 bits per heavy atom. The molecule has 2 atom stereocenters. The summed E-state index contributed by atoms with van der Waals surface area (Å²) in [7, 11) is 0. The second kappa shape index (κ2) is 11.0. The highest BCUT2D eigenvalue weighted by atomic mass is 16.5. The van der Waals surface area contributed by atoms with Gasteiger partial charge < -0.3 is 20.1 Å². The van der Waals surface area contributed by atoms with Crippen LogP contribution in [0.1, 0.15) is 65.2 Å². The standard InChI is InChI=1S/C16H28O7/c1-3-5-7-9-12(14(19)23-10-8-6-4-2)16(22,15(20)21)11-13(17)18/h12,22H,3-11H2,1-2H3,(H,17,18)(H,20,21). The zero-order valence-electron chi connectivity index (χ0n) is 13.9. The molecule has 0 aromatic rings. The van der Waals surface area contributed by atoms with Crippen molar-refractivity contribution in [1.82, 2.24) is 0 Å². The molecule has 0 fully saturated rings. The summed E-state index contributed by atoms with van der Waals surface area (Å²) in [4.78, 5) is 34.5. The average molecular weight is 332 g/mol. The minimum Gasteiger partial charge on any atom is -0.481 e. The number of carbonyl (C=O) groups is 3. The molecular weight excluding hydrogens is 304 g/mol. The van der Waals surface area contributed by atoms with Crippen molar-refractivity contribution < 1.29 is 34.4 Å². The van der Waals surface area contributed by atoms with Gasteiger partial charge in [-0.15, -0.1) is 0 Å². The summed E-state index contributed by atoms with van der Waals surface area (Å²) < 4.78 is 5.06. The molecule has 0 aliphatic carbocycles. The van der Waals surface area contributed by atoms with Gasteiger partial charge >= 0.3 is 17.9 Å². The maximum atomic E-state index is 12.2. The fourth-order valence-corrected chi connectivity index (χ4v) is 2.35. The van der Waals surface area contributed by atoms with Crippen molar-refractivity contribution in [1.29, 1.82) is 0 Å². The summed E-state index contributed by atoms with van der Waals surface area (Å²) in [5.41, 5.74) is -2.65. The largest absolute Gasteiger partial charge is 0.481 e. The minimum absolute atomic E-state index is 0.0799. The van der Waals surface area contributed by atoms with E-state index in [1.165, 1.54) is 0 Å². The van der Waals surface area contributed by atoms with E-state index >= 15 is 0 Å². The number of ether oxygens (including phenoxy) is 1. The molecule has 134 valence electrons. The molecule has 0 spiro atoms. The minimum atomic E-state index is -2.65. The molecule has 0 radical (unpaired) electrons. The molecule has 0 bridgehead atoms. The quantitative estimate of drug-likeness (QED) is 0.349. The van der Waals surface area contributed by atoms with Crippen LogP contribution in [-0.2, 0) is 19.1 Å². The maximum absolute atomic E-state index is 12.2. The van der Waals surface area contributed by atoms with Crippen molar-refractivity contribution in [2.75, 3.05) is 6.61 Å². The van der Waals surface area contributed by atoms with Crippen LogP contribution in [0.4, 0.5) is 0 Å². The number of unbranched alkanes of at least 4 members (excludes halogenated alkanes) is 4. The predicted molar refractivity (Wildman–Crippen MR) is 83.0 cm³/mol. The molecule has 0 saturated carbocycles. The Balaban J connectivity index is 5.09. The second-order valence-corrected chi connectivity index (χ2v) is 5.72. The van der Waals surface area contributed by atoms with Crippen LogP contribution in [0.5, 0.6) is 0 Å². The lowest BCUT2D eigenvalue weighted by Crippen LogP contribution is -2.51. The first kappa shape index (κ1) is 21.4. The van der Waals surface area contributed by atoms with Crippen molar-refractivity contribution in [3.8, 4) is 0 Å². The number of hydrogen-bond acceptors (Lipinski definition) is 5. The van der Waals surface area contributed by atoms with Gasteiger partial charge in [0.25, 0.3) is 0 Å². The summed E-state index contributed by atoms with van der Waals surface area (Å²) in [5.74, 6) is -5.42. The molecule has 0 aromatic heterocycles. The smallest absolute Gasteiger partial charge is 0.337 e. The molecule has 0 aliphatic rings. The van der Waals surface area contributed by atoms with E-state index < -0.39 is 35.8 Å². The first-order valence-electron chi connectivity index (χ1n) is 8.13. The van der Waals surface area contributed by atoms with E-state index in [-0.39, 0.29) is 13.0 Å². The van der Waals surface area contributed by atoms with Gasteiger partial charge in [0.05, 0.1) is 18.9 Å². The first-order valence-corrected chi connectivity index (χ1v) is 8.13. The van der Waals surface area contributed by atoms with Gasteiger partial charge in [-0.05, 0) is 12.8 Å². The van der Waals surface area contributed by atoms with Crippen molar-refractivity contribution in [2.24, 2.45) is 5.92 Å². The maximum Gasteiger partial charge on any atom is 0.337 e. The molecule has 2 unspecified atom stereocenters. The normalized spacial score (nSPS) is 14.7. The molecule has 0 heterocycles. The Bertz CT molecular complexity index is 394. The summed E-state index contributed by atoms with van der Waals surface area (Å²) in [6.07, 6.45) is 3.61. The van der Waals surface area contributed by atoms with Crippen LogP contribution >= 0.6 is 0 Å². The molecular formula is C16H28O7. The summed E-state index contributed by atoms with van der Waals surface area (Å²) in [5, 5.41) is 28.4. The zero-order valence-corrected chi connectivity index (χ0v) is 13.9. The van der Waals surface area contributed by atoms with E-state index in [0.29, 0.717) is 12.8 Å². The van der Waals surface area contributed by atoms with Gasteiger partial charge in [-0.3, -0.25) is 9.59 Å². The van der Waals surface area contributed by atoms with Crippen molar-refractivity contribution in [3.63, 3.8) is 0 Å². The van der Waals surface area contributed by atoms with E-state index in [1.54, 1.807) is 0 Å². The van der Waals surface area contributed by atoms with Crippen LogP contribution in [0, 0.1) is 5.92 Å². The van der Waals surface area contributed by atoms with Crippen molar-refractivity contribution >= 4 is 17.9 Å². The molecule has 0 saturated heterocycles. The lowest BCUT2D eigenvalue weighted by molar-refractivity contribution is -0.182. The van der Waals surface area contributed by atoms with Gasteiger partial charge in [0.1, 0.15) is 0 Å². The second-order valence-electron chi connectivity index (χ2n) is 5.72. The third-order valence-electron chi connectivity index (χ3n) is 3.74. The number of rotatable bonds is 13. The Hall–Kier alpha value is -1.63. The zero-order chi connectivity index (χ0) is 17.9. The Labute approximate surface area is 136 Å². The predicted octanol–water partition coefficient (Wildman–Crippen LogP) is 2.21. The third kappa shape index (κ3) is 7.45. The molecule has 0 amide bonds. The van der Waals surface area contributed by atoms with E-state index in [9.17, 15) is 24.6 Å². The third-order valence-corrected chi connectivity index (χ3v) is 3.74. The summed E-state index contributed by atoms with van der Waals surface area (Å²) >= 11 is 0. The fourth-order valence-electron chi connectivity index (χ4n) is 2.35. The van der Waals surface area contributed by atoms with Crippen molar-refractivity contribution in [2.45, 2.75) is 70.8 Å². The number of carboxylic acids is 2. The molecule has 0 rings (SSSR count). The van der Waals surface area contributed by atoms with Crippen LogP contribution in [0.3, 0.4) is 0 Å². The highest BCUT2D eigenvalue weighted by molar-refractivity contribution is 5.90. The Morgan fingerprint density at radius 3 is 2.04 bits per heavy atom. The molecule has 0 aromatic carbocycles. The Kier molecular flexibility index (Phi) is 10.2. The topological polar surface area (TPSA) is 121 Å². The molecule has 23 heavy (non-hydrogen) atoms. The number of carbonyl (C=O) groups excluding carboxylic acids is 1. The van der Waals surface area contributed by atoms with Crippen LogP contribution < -0.4 is 0 Å². The average Bonchev–Trinajstić information content (AvgIpc) is 2.46. The molecule has 7 nitrogen and oxygen atoms in total. The monoisotopic (exact) mass is 332 g/mol. The molecule has 0 aliphatic heterocycles. The number of esters is 1. The van der Waals surface area contributed by atoms with E-state index in [4.69, 9.17) is 9.84 Å². The van der Waals surface area contributed by atoms with Gasteiger partial charge in [0, 0.05) is 0 Å². The van der Waals surface area contributed by atoms with Crippen molar-refractivity contribution in [3.05, 3.63) is 0 Å². The van der Waals surface area contributed by atoms with E-state index in [1.807, 2.05) is 13.8 Å². The molecule has 3 N–H and O–H groups in total. The lowest BCUT2D eigenvalue weighted by Gasteiger charge is -2.29. The van der Waals surface area contributed by atoms with Gasteiger partial charge in [-0.1, -0.05) is 46.0 Å². The van der Waals surface area contributed by atoms with Gasteiger partial charge in [-0.2, -0.15) is 0 Å². The highest BCUT2D eigenvalue weighted by Gasteiger charge is 2.50. The first-order chi connectivity index (χ1) is 10.8. The van der Waals surface area contributed by atoms with Gasteiger partial charge in [-0.25, -0.2) is 4.79 Å². The number of aliphatic hydroxyl groups is 1. The van der Waals surface area contributed by atoms with Gasteiger partial charge in [0.15, 0.2) is 5.60 Å². The Morgan fingerprint density at radius 2 is 1.57 bits per heavy atom. The number of carboxylic acid groups (broad SMARTS) is 2. The number of hydrogen-bond donors (Lipinski definition) is 3. The summed E-state index contributed by atoms with van der Waals surface area (Å²) in [6, 6.07) is 0.